The van der Waals surface area contributed by atoms with E-state index in [0.717, 1.165) is 17.8 Å². The maximum atomic E-state index is 11.8. The topological polar surface area (TPSA) is 59.0 Å². The molecule has 0 aliphatic heterocycles. The van der Waals surface area contributed by atoms with Crippen LogP contribution in [0.5, 0.6) is 0 Å². The SMILES string of the molecule is CCc1ccc(NC(=O)Nc2cc(C)nn2C)cc1. The number of benzene rings is 1. The van der Waals surface area contributed by atoms with E-state index >= 15 is 0 Å². The number of nitrogens with one attached hydrogen (secondary N) is 2. The second-order valence-corrected chi connectivity index (χ2v) is 4.42. The van der Waals surface area contributed by atoms with Crippen molar-refractivity contribution in [2.45, 2.75) is 20.3 Å². The molecule has 0 fully saturated rings. The van der Waals surface area contributed by atoms with Gasteiger partial charge in [-0.2, -0.15) is 5.10 Å². The summed E-state index contributed by atoms with van der Waals surface area (Å²) in [6.45, 7) is 3.98. The van der Waals surface area contributed by atoms with E-state index in [-0.39, 0.29) is 6.03 Å². The van der Waals surface area contributed by atoms with Gasteiger partial charge in [-0.05, 0) is 31.0 Å². The number of aromatic nitrogens is 2. The minimum absolute atomic E-state index is 0.271. The van der Waals surface area contributed by atoms with Crippen LogP contribution in [0, 0.1) is 6.92 Å². The molecule has 0 saturated heterocycles. The lowest BCUT2D eigenvalue weighted by molar-refractivity contribution is 0.262. The van der Waals surface area contributed by atoms with Gasteiger partial charge in [0.05, 0.1) is 5.69 Å². The van der Waals surface area contributed by atoms with Crippen LogP contribution < -0.4 is 10.6 Å². The number of rotatable bonds is 3. The van der Waals surface area contributed by atoms with Crippen LogP contribution in [0.3, 0.4) is 0 Å². The fourth-order valence-electron chi connectivity index (χ4n) is 1.83. The molecule has 1 aromatic carbocycles. The molecule has 1 aromatic heterocycles. The standard InChI is InChI=1S/C14H18N4O/c1-4-11-5-7-12(8-6-11)15-14(19)16-13-9-10(2)17-18(13)3/h5-9H,4H2,1-3H3,(H2,15,16,19). The number of hydrogen-bond acceptors (Lipinski definition) is 2. The van der Waals surface area contributed by atoms with Gasteiger partial charge in [-0.25, -0.2) is 4.79 Å². The summed E-state index contributed by atoms with van der Waals surface area (Å²) in [6.07, 6.45) is 0.987. The molecule has 19 heavy (non-hydrogen) atoms. The van der Waals surface area contributed by atoms with Gasteiger partial charge in [-0.15, -0.1) is 0 Å². The van der Waals surface area contributed by atoms with E-state index in [0.29, 0.717) is 5.82 Å². The van der Waals surface area contributed by atoms with Crippen molar-refractivity contribution in [1.29, 1.82) is 0 Å². The molecule has 0 aliphatic carbocycles. The first-order chi connectivity index (χ1) is 9.08. The molecule has 0 unspecified atom stereocenters. The number of carbonyl (C=O) groups excluding carboxylic acids is 1. The summed E-state index contributed by atoms with van der Waals surface area (Å²) < 4.78 is 1.63. The van der Waals surface area contributed by atoms with Crippen LogP contribution in [-0.4, -0.2) is 15.8 Å². The highest BCUT2D eigenvalue weighted by atomic mass is 16.2. The highest BCUT2D eigenvalue weighted by molar-refractivity contribution is 5.99. The van der Waals surface area contributed by atoms with Crippen LogP contribution in [0.1, 0.15) is 18.2 Å². The van der Waals surface area contributed by atoms with Crippen LogP contribution in [0.2, 0.25) is 0 Å². The van der Waals surface area contributed by atoms with Gasteiger partial charge in [0.1, 0.15) is 5.82 Å². The van der Waals surface area contributed by atoms with Gasteiger partial charge < -0.3 is 5.32 Å². The van der Waals surface area contributed by atoms with Crippen LogP contribution in [-0.2, 0) is 13.5 Å². The van der Waals surface area contributed by atoms with E-state index in [2.05, 4.69) is 22.7 Å². The summed E-state index contributed by atoms with van der Waals surface area (Å²) in [7, 11) is 1.79. The third-order valence-corrected chi connectivity index (χ3v) is 2.86. The van der Waals surface area contributed by atoms with E-state index in [4.69, 9.17) is 0 Å². The molecule has 0 aliphatic rings. The average Bonchev–Trinajstić information content (AvgIpc) is 2.68. The zero-order chi connectivity index (χ0) is 13.8. The van der Waals surface area contributed by atoms with E-state index in [1.165, 1.54) is 5.56 Å². The van der Waals surface area contributed by atoms with Crippen molar-refractivity contribution in [3.8, 4) is 0 Å². The highest BCUT2D eigenvalue weighted by Crippen LogP contribution is 2.12. The fourth-order valence-corrected chi connectivity index (χ4v) is 1.83. The molecule has 5 heteroatoms. The number of hydrogen-bond donors (Lipinski definition) is 2. The number of amides is 2. The predicted octanol–water partition coefficient (Wildman–Crippen LogP) is 2.93. The van der Waals surface area contributed by atoms with Crippen LogP contribution in [0.25, 0.3) is 0 Å². The van der Waals surface area contributed by atoms with Gasteiger partial charge in [-0.1, -0.05) is 19.1 Å². The first kappa shape index (κ1) is 13.1. The Balaban J connectivity index is 1.99. The molecule has 0 radical (unpaired) electrons. The molecule has 2 amide bonds. The summed E-state index contributed by atoms with van der Waals surface area (Å²) in [6, 6.07) is 9.35. The Kier molecular flexibility index (Phi) is 3.85. The second kappa shape index (κ2) is 5.56. The Morgan fingerprint density at radius 2 is 1.95 bits per heavy atom. The summed E-state index contributed by atoms with van der Waals surface area (Å²) in [5, 5.41) is 9.71. The maximum Gasteiger partial charge on any atom is 0.324 e. The van der Waals surface area contributed by atoms with Crippen molar-refractivity contribution >= 4 is 17.5 Å². The molecule has 5 nitrogen and oxygen atoms in total. The number of aryl methyl sites for hydroxylation is 3. The molecular weight excluding hydrogens is 240 g/mol. The Morgan fingerprint density at radius 3 is 2.47 bits per heavy atom. The quantitative estimate of drug-likeness (QED) is 0.889. The third kappa shape index (κ3) is 3.34. The van der Waals surface area contributed by atoms with Gasteiger partial charge in [0, 0.05) is 18.8 Å². The first-order valence-corrected chi connectivity index (χ1v) is 6.26. The second-order valence-electron chi connectivity index (χ2n) is 4.42. The molecule has 100 valence electrons. The van der Waals surface area contributed by atoms with Crippen molar-refractivity contribution in [2.24, 2.45) is 7.05 Å². The molecule has 0 bridgehead atoms. The Bertz CT molecular complexity index is 572. The molecule has 0 atom stereocenters. The predicted molar refractivity (Wildman–Crippen MR) is 76.4 cm³/mol. The first-order valence-electron chi connectivity index (χ1n) is 6.26. The fraction of sp³-hybridized carbons (Fsp3) is 0.286. The van der Waals surface area contributed by atoms with E-state index in [1.54, 1.807) is 11.7 Å². The van der Waals surface area contributed by atoms with Gasteiger partial charge in [0.15, 0.2) is 0 Å². The van der Waals surface area contributed by atoms with Gasteiger partial charge >= 0.3 is 6.03 Å². The van der Waals surface area contributed by atoms with Crippen molar-refractivity contribution in [1.82, 2.24) is 9.78 Å². The Hall–Kier alpha value is -2.30. The molecule has 2 N–H and O–H groups in total. The van der Waals surface area contributed by atoms with Crippen molar-refractivity contribution < 1.29 is 4.79 Å². The lowest BCUT2D eigenvalue weighted by atomic mass is 10.1. The van der Waals surface area contributed by atoms with Crippen molar-refractivity contribution in [3.63, 3.8) is 0 Å². The monoisotopic (exact) mass is 258 g/mol. The van der Waals surface area contributed by atoms with E-state index < -0.39 is 0 Å². The number of nitrogens with zero attached hydrogens (tertiary/aromatic N) is 2. The summed E-state index contributed by atoms with van der Waals surface area (Å²) in [4.78, 5) is 11.8. The molecule has 0 saturated carbocycles. The Morgan fingerprint density at radius 1 is 1.26 bits per heavy atom. The zero-order valence-electron chi connectivity index (χ0n) is 11.4. The number of urea groups is 1. The van der Waals surface area contributed by atoms with Crippen molar-refractivity contribution in [2.75, 3.05) is 10.6 Å². The average molecular weight is 258 g/mol. The van der Waals surface area contributed by atoms with E-state index in [1.807, 2.05) is 37.3 Å². The molecule has 0 spiro atoms. The van der Waals surface area contributed by atoms with Gasteiger partial charge in [0.25, 0.3) is 0 Å². The normalized spacial score (nSPS) is 10.3. The molecule has 2 aromatic rings. The van der Waals surface area contributed by atoms with Crippen LogP contribution in [0.4, 0.5) is 16.3 Å². The summed E-state index contributed by atoms with van der Waals surface area (Å²) in [5.41, 5.74) is 2.88. The smallest absolute Gasteiger partial charge is 0.308 e. The van der Waals surface area contributed by atoms with Gasteiger partial charge in [-0.3, -0.25) is 10.00 Å². The Labute approximate surface area is 112 Å². The largest absolute Gasteiger partial charge is 0.324 e. The van der Waals surface area contributed by atoms with Crippen molar-refractivity contribution in [3.05, 3.63) is 41.6 Å². The van der Waals surface area contributed by atoms with Crippen LogP contribution >= 0.6 is 0 Å². The minimum Gasteiger partial charge on any atom is -0.308 e. The highest BCUT2D eigenvalue weighted by Gasteiger charge is 2.06. The summed E-state index contributed by atoms with van der Waals surface area (Å²) in [5.74, 6) is 0.667. The molecular formula is C14H18N4O. The molecule has 1 heterocycles. The maximum absolute atomic E-state index is 11.8. The molecule has 2 rings (SSSR count). The summed E-state index contributed by atoms with van der Waals surface area (Å²) >= 11 is 0. The number of anilines is 2. The lowest BCUT2D eigenvalue weighted by Crippen LogP contribution is -2.21. The van der Waals surface area contributed by atoms with Crippen LogP contribution in [0.15, 0.2) is 30.3 Å². The lowest BCUT2D eigenvalue weighted by Gasteiger charge is -2.08. The number of carbonyl (C=O) groups is 1. The minimum atomic E-state index is -0.271. The van der Waals surface area contributed by atoms with E-state index in [9.17, 15) is 4.79 Å². The van der Waals surface area contributed by atoms with Gasteiger partial charge in [0.2, 0.25) is 0 Å². The third-order valence-electron chi connectivity index (χ3n) is 2.86. The zero-order valence-corrected chi connectivity index (χ0v) is 11.4.